The summed E-state index contributed by atoms with van der Waals surface area (Å²) < 4.78 is 32.3. The van der Waals surface area contributed by atoms with E-state index in [1.54, 1.807) is 20.8 Å². The summed E-state index contributed by atoms with van der Waals surface area (Å²) in [6, 6.07) is 0. The van der Waals surface area contributed by atoms with E-state index < -0.39 is 35.9 Å². The quantitative estimate of drug-likeness (QED) is 0.769. The predicted octanol–water partition coefficient (Wildman–Crippen LogP) is 2.47. The Hall–Kier alpha value is -1.20. The van der Waals surface area contributed by atoms with E-state index in [4.69, 9.17) is 4.74 Å². The maximum absolute atomic E-state index is 13.6. The molecule has 104 valence electrons. The van der Waals surface area contributed by atoms with Crippen molar-refractivity contribution in [2.75, 3.05) is 13.1 Å². The van der Waals surface area contributed by atoms with Crippen LogP contribution in [0, 0.1) is 5.92 Å². The van der Waals surface area contributed by atoms with Crippen LogP contribution in [0.4, 0.5) is 13.6 Å². The molecule has 6 heteroatoms. The van der Waals surface area contributed by atoms with Crippen molar-refractivity contribution in [3.8, 4) is 0 Å². The fourth-order valence-corrected chi connectivity index (χ4v) is 1.83. The molecule has 1 unspecified atom stereocenters. The van der Waals surface area contributed by atoms with Crippen LogP contribution in [0.25, 0.3) is 0 Å². The number of ether oxygens (including phenoxy) is 1. The molecule has 0 aromatic heterocycles. The van der Waals surface area contributed by atoms with E-state index in [2.05, 4.69) is 0 Å². The van der Waals surface area contributed by atoms with Gasteiger partial charge in [-0.1, -0.05) is 6.92 Å². The first-order valence-corrected chi connectivity index (χ1v) is 5.95. The molecule has 0 bridgehead atoms. The van der Waals surface area contributed by atoms with Crippen LogP contribution in [0.5, 0.6) is 0 Å². The molecule has 0 aromatic carbocycles. The lowest BCUT2D eigenvalue weighted by molar-refractivity contribution is -0.131. The van der Waals surface area contributed by atoms with Gasteiger partial charge in [0.05, 0.1) is 6.54 Å². The van der Waals surface area contributed by atoms with Crippen LogP contribution in [0.2, 0.25) is 0 Å². The first-order valence-electron chi connectivity index (χ1n) is 5.95. The van der Waals surface area contributed by atoms with Gasteiger partial charge in [-0.25, -0.2) is 13.6 Å². The number of alkyl halides is 2. The highest BCUT2D eigenvalue weighted by atomic mass is 19.3. The first-order chi connectivity index (χ1) is 8.07. The van der Waals surface area contributed by atoms with Crippen LogP contribution in [0.1, 0.15) is 34.1 Å². The topological polar surface area (TPSA) is 46.6 Å². The van der Waals surface area contributed by atoms with Gasteiger partial charge in [-0.05, 0) is 20.8 Å². The summed E-state index contributed by atoms with van der Waals surface area (Å²) in [7, 11) is 0. The highest BCUT2D eigenvalue weighted by Crippen LogP contribution is 2.35. The second kappa shape index (κ2) is 4.82. The van der Waals surface area contributed by atoms with Crippen LogP contribution in [0.3, 0.4) is 0 Å². The molecular weight excluding hydrogens is 244 g/mol. The van der Waals surface area contributed by atoms with Crippen LogP contribution in [-0.2, 0) is 9.53 Å². The summed E-state index contributed by atoms with van der Waals surface area (Å²) in [5.74, 6) is -5.09. The second-order valence-electron chi connectivity index (χ2n) is 5.49. The fourth-order valence-electron chi connectivity index (χ4n) is 1.83. The summed E-state index contributed by atoms with van der Waals surface area (Å²) in [6.45, 7) is 5.50. The zero-order chi connectivity index (χ0) is 14.1. The van der Waals surface area contributed by atoms with E-state index in [0.717, 1.165) is 4.90 Å². The molecule has 1 atom stereocenters. The molecule has 1 heterocycles. The van der Waals surface area contributed by atoms with Crippen LogP contribution >= 0.6 is 0 Å². The first kappa shape index (κ1) is 14.9. The Morgan fingerprint density at radius 1 is 1.39 bits per heavy atom. The molecule has 0 saturated carbocycles. The Balaban J connectivity index is 2.74. The normalized spacial score (nSPS) is 23.0. The van der Waals surface area contributed by atoms with Gasteiger partial charge in [0.25, 0.3) is 5.92 Å². The second-order valence-corrected chi connectivity index (χ2v) is 5.49. The van der Waals surface area contributed by atoms with E-state index in [9.17, 15) is 18.4 Å². The lowest BCUT2D eigenvalue weighted by Crippen LogP contribution is -2.36. The third kappa shape index (κ3) is 3.40. The van der Waals surface area contributed by atoms with Gasteiger partial charge in [0.2, 0.25) is 0 Å². The van der Waals surface area contributed by atoms with Crippen LogP contribution in [0.15, 0.2) is 0 Å². The molecule has 0 N–H and O–H groups in total. The minimum atomic E-state index is -3.16. The van der Waals surface area contributed by atoms with Crippen LogP contribution in [-0.4, -0.2) is 41.4 Å². The Kier molecular flexibility index (Phi) is 3.98. The van der Waals surface area contributed by atoms with E-state index in [1.165, 1.54) is 6.92 Å². The molecule has 1 aliphatic heterocycles. The predicted molar refractivity (Wildman–Crippen MR) is 61.5 cm³/mol. The highest BCUT2D eigenvalue weighted by molar-refractivity contribution is 5.83. The van der Waals surface area contributed by atoms with Crippen molar-refractivity contribution in [1.29, 1.82) is 0 Å². The standard InChI is InChI=1S/C12H19F2NO3/c1-5-9(16)8-6-15(7-12(8,13)14)10(17)18-11(2,3)4/h8H,5-7H2,1-4H3. The number of carbonyl (C=O) groups excluding carboxylic acids is 2. The summed E-state index contributed by atoms with van der Waals surface area (Å²) >= 11 is 0. The lowest BCUT2D eigenvalue weighted by Gasteiger charge is -2.24. The van der Waals surface area contributed by atoms with Crippen molar-refractivity contribution < 1.29 is 23.1 Å². The van der Waals surface area contributed by atoms with Gasteiger partial charge in [0, 0.05) is 13.0 Å². The molecule has 18 heavy (non-hydrogen) atoms. The van der Waals surface area contributed by atoms with E-state index in [1.807, 2.05) is 0 Å². The molecule has 1 rings (SSSR count). The molecule has 0 aromatic rings. The number of Topliss-reactive ketones (excluding diaryl/α,β-unsaturated/α-hetero) is 1. The third-order valence-corrected chi connectivity index (χ3v) is 2.70. The third-order valence-electron chi connectivity index (χ3n) is 2.70. The van der Waals surface area contributed by atoms with E-state index >= 15 is 0 Å². The number of hydrogen-bond acceptors (Lipinski definition) is 3. The van der Waals surface area contributed by atoms with E-state index in [-0.39, 0.29) is 13.0 Å². The summed E-state index contributed by atoms with van der Waals surface area (Å²) in [5, 5.41) is 0. The van der Waals surface area contributed by atoms with Crippen molar-refractivity contribution in [2.45, 2.75) is 45.6 Å². The minimum Gasteiger partial charge on any atom is -0.444 e. The zero-order valence-corrected chi connectivity index (χ0v) is 11.1. The Labute approximate surface area is 105 Å². The monoisotopic (exact) mass is 263 g/mol. The number of amides is 1. The van der Waals surface area contributed by atoms with Crippen molar-refractivity contribution in [2.24, 2.45) is 5.92 Å². The molecule has 0 spiro atoms. The van der Waals surface area contributed by atoms with Crippen molar-refractivity contribution in [1.82, 2.24) is 4.90 Å². The molecule has 1 saturated heterocycles. The van der Waals surface area contributed by atoms with Crippen molar-refractivity contribution in [3.63, 3.8) is 0 Å². The number of likely N-dealkylation sites (tertiary alicyclic amines) is 1. The fraction of sp³-hybridized carbons (Fsp3) is 0.833. The van der Waals surface area contributed by atoms with Gasteiger partial charge in [-0.3, -0.25) is 4.79 Å². The number of nitrogens with zero attached hydrogens (tertiary/aromatic N) is 1. The van der Waals surface area contributed by atoms with Gasteiger partial charge in [0.15, 0.2) is 0 Å². The van der Waals surface area contributed by atoms with Gasteiger partial charge in [0.1, 0.15) is 17.3 Å². The summed E-state index contributed by atoms with van der Waals surface area (Å²) in [5.41, 5.74) is -0.737. The SMILES string of the molecule is CCC(=O)C1CN(C(=O)OC(C)(C)C)CC1(F)F. The van der Waals surface area contributed by atoms with Gasteiger partial charge in [-0.15, -0.1) is 0 Å². The number of rotatable bonds is 2. The Morgan fingerprint density at radius 3 is 2.39 bits per heavy atom. The van der Waals surface area contributed by atoms with Crippen molar-refractivity contribution >= 4 is 11.9 Å². The van der Waals surface area contributed by atoms with Crippen LogP contribution < -0.4 is 0 Å². The summed E-state index contributed by atoms with van der Waals surface area (Å²) in [4.78, 5) is 24.0. The number of carbonyl (C=O) groups is 2. The molecule has 0 radical (unpaired) electrons. The molecule has 1 fully saturated rings. The Morgan fingerprint density at radius 2 is 1.94 bits per heavy atom. The van der Waals surface area contributed by atoms with E-state index in [0.29, 0.717) is 0 Å². The average molecular weight is 263 g/mol. The van der Waals surface area contributed by atoms with Gasteiger partial charge >= 0.3 is 6.09 Å². The lowest BCUT2D eigenvalue weighted by atomic mass is 9.98. The largest absolute Gasteiger partial charge is 0.444 e. The number of hydrogen-bond donors (Lipinski definition) is 0. The van der Waals surface area contributed by atoms with Gasteiger partial charge < -0.3 is 9.64 Å². The van der Waals surface area contributed by atoms with Gasteiger partial charge in [-0.2, -0.15) is 0 Å². The Bertz CT molecular complexity index is 350. The molecular formula is C12H19F2NO3. The highest BCUT2D eigenvalue weighted by Gasteiger charge is 2.53. The minimum absolute atomic E-state index is 0.0441. The molecule has 4 nitrogen and oxygen atoms in total. The smallest absolute Gasteiger partial charge is 0.410 e. The maximum Gasteiger partial charge on any atom is 0.410 e. The molecule has 0 aliphatic carbocycles. The molecule has 1 amide bonds. The van der Waals surface area contributed by atoms with Crippen molar-refractivity contribution in [3.05, 3.63) is 0 Å². The number of halogens is 2. The average Bonchev–Trinajstić information content (AvgIpc) is 2.50. The zero-order valence-electron chi connectivity index (χ0n) is 11.1. The maximum atomic E-state index is 13.6. The summed E-state index contributed by atoms with van der Waals surface area (Å²) in [6.07, 6.45) is -0.754. The number of ketones is 1. The molecule has 1 aliphatic rings.